The number of para-hydroxylation sites is 1. The molecule has 0 saturated carbocycles. The SMILES string of the molecule is O=C1C2CCCN2C=NN1c1ccccc1. The van der Waals surface area contributed by atoms with Gasteiger partial charge >= 0.3 is 0 Å². The smallest absolute Gasteiger partial charge is 0.270 e. The number of rotatable bonds is 1. The number of carbonyl (C=O) groups excluding carboxylic acids is 1. The van der Waals surface area contributed by atoms with Gasteiger partial charge in [0.05, 0.1) is 5.69 Å². The standard InChI is InChI=1S/C12H13N3O/c16-12-11-7-4-8-14(11)9-13-15(12)10-5-2-1-3-6-10/h1-3,5-6,9,11H,4,7-8H2. The molecule has 2 aliphatic heterocycles. The highest BCUT2D eigenvalue weighted by Gasteiger charge is 2.36. The maximum absolute atomic E-state index is 12.2. The van der Waals surface area contributed by atoms with Gasteiger partial charge in [0, 0.05) is 6.54 Å². The lowest BCUT2D eigenvalue weighted by Crippen LogP contribution is -2.47. The van der Waals surface area contributed by atoms with Gasteiger partial charge in [-0.15, -0.1) is 0 Å². The second-order valence-electron chi connectivity index (χ2n) is 4.11. The van der Waals surface area contributed by atoms with E-state index in [0.717, 1.165) is 25.1 Å². The molecule has 0 spiro atoms. The van der Waals surface area contributed by atoms with E-state index in [2.05, 4.69) is 5.10 Å². The lowest BCUT2D eigenvalue weighted by Gasteiger charge is -2.30. The molecule has 4 nitrogen and oxygen atoms in total. The van der Waals surface area contributed by atoms with Crippen molar-refractivity contribution in [1.82, 2.24) is 4.90 Å². The molecule has 82 valence electrons. The molecule has 1 fully saturated rings. The number of hydrazone groups is 1. The summed E-state index contributed by atoms with van der Waals surface area (Å²) in [5.74, 6) is 0.0891. The zero-order valence-corrected chi connectivity index (χ0v) is 8.91. The van der Waals surface area contributed by atoms with Gasteiger partial charge in [0.2, 0.25) is 0 Å². The van der Waals surface area contributed by atoms with Crippen molar-refractivity contribution in [3.63, 3.8) is 0 Å². The summed E-state index contributed by atoms with van der Waals surface area (Å²) in [4.78, 5) is 14.2. The summed E-state index contributed by atoms with van der Waals surface area (Å²) >= 11 is 0. The van der Waals surface area contributed by atoms with Crippen LogP contribution in [-0.2, 0) is 4.79 Å². The van der Waals surface area contributed by atoms with E-state index in [1.54, 1.807) is 6.34 Å². The molecular weight excluding hydrogens is 202 g/mol. The Balaban J connectivity index is 1.93. The third-order valence-corrected chi connectivity index (χ3v) is 3.10. The molecule has 1 aromatic carbocycles. The van der Waals surface area contributed by atoms with Crippen molar-refractivity contribution in [2.75, 3.05) is 11.6 Å². The van der Waals surface area contributed by atoms with E-state index < -0.39 is 0 Å². The number of fused-ring (bicyclic) bond motifs is 1. The summed E-state index contributed by atoms with van der Waals surface area (Å²) in [6.07, 6.45) is 3.80. The fourth-order valence-electron chi connectivity index (χ4n) is 2.27. The minimum atomic E-state index is -0.00212. The van der Waals surface area contributed by atoms with Crippen LogP contribution >= 0.6 is 0 Å². The molecule has 0 N–H and O–H groups in total. The second-order valence-corrected chi connectivity index (χ2v) is 4.11. The Morgan fingerprint density at radius 2 is 2.06 bits per heavy atom. The molecular formula is C12H13N3O. The zero-order chi connectivity index (χ0) is 11.0. The topological polar surface area (TPSA) is 35.9 Å². The highest BCUT2D eigenvalue weighted by atomic mass is 16.2. The molecule has 1 saturated heterocycles. The molecule has 2 aliphatic rings. The molecule has 1 amide bonds. The second kappa shape index (κ2) is 3.63. The highest BCUT2D eigenvalue weighted by Crippen LogP contribution is 2.25. The van der Waals surface area contributed by atoms with Gasteiger partial charge in [0.1, 0.15) is 12.4 Å². The maximum Gasteiger partial charge on any atom is 0.270 e. The van der Waals surface area contributed by atoms with E-state index in [4.69, 9.17) is 0 Å². The Hall–Kier alpha value is -1.84. The maximum atomic E-state index is 12.2. The molecule has 2 heterocycles. The Bertz CT molecular complexity index is 429. The minimum Gasteiger partial charge on any atom is -0.349 e. The summed E-state index contributed by atoms with van der Waals surface area (Å²) in [6, 6.07) is 9.57. The number of carbonyl (C=O) groups is 1. The Morgan fingerprint density at radius 3 is 2.88 bits per heavy atom. The molecule has 1 atom stereocenters. The molecule has 0 bridgehead atoms. The third kappa shape index (κ3) is 1.38. The van der Waals surface area contributed by atoms with Crippen LogP contribution in [0.25, 0.3) is 0 Å². The average Bonchev–Trinajstić information content (AvgIpc) is 2.80. The van der Waals surface area contributed by atoms with Gasteiger partial charge in [-0.1, -0.05) is 18.2 Å². The van der Waals surface area contributed by atoms with Gasteiger partial charge in [0.15, 0.2) is 0 Å². The first-order valence-electron chi connectivity index (χ1n) is 5.55. The summed E-state index contributed by atoms with van der Waals surface area (Å²) in [6.45, 7) is 0.947. The number of amides is 1. The molecule has 0 radical (unpaired) electrons. The van der Waals surface area contributed by atoms with Gasteiger partial charge in [0.25, 0.3) is 5.91 Å². The van der Waals surface area contributed by atoms with E-state index in [-0.39, 0.29) is 11.9 Å². The highest BCUT2D eigenvalue weighted by molar-refractivity contribution is 6.00. The lowest BCUT2D eigenvalue weighted by atomic mass is 10.2. The van der Waals surface area contributed by atoms with Gasteiger partial charge in [-0.3, -0.25) is 4.79 Å². The number of nitrogens with zero attached hydrogens (tertiary/aromatic N) is 3. The van der Waals surface area contributed by atoms with Crippen molar-refractivity contribution in [3.8, 4) is 0 Å². The van der Waals surface area contributed by atoms with Crippen molar-refractivity contribution >= 4 is 17.9 Å². The van der Waals surface area contributed by atoms with Gasteiger partial charge in [-0.05, 0) is 25.0 Å². The van der Waals surface area contributed by atoms with Crippen LogP contribution in [0.5, 0.6) is 0 Å². The Labute approximate surface area is 94.2 Å². The first-order valence-corrected chi connectivity index (χ1v) is 5.55. The van der Waals surface area contributed by atoms with E-state index in [1.165, 1.54) is 5.01 Å². The van der Waals surface area contributed by atoms with Crippen molar-refractivity contribution in [1.29, 1.82) is 0 Å². The fraction of sp³-hybridized carbons (Fsp3) is 0.333. The van der Waals surface area contributed by atoms with Gasteiger partial charge in [-0.2, -0.15) is 10.1 Å². The average molecular weight is 215 g/mol. The van der Waals surface area contributed by atoms with Crippen molar-refractivity contribution < 1.29 is 4.79 Å². The molecule has 0 aromatic heterocycles. The van der Waals surface area contributed by atoms with Crippen LogP contribution < -0.4 is 5.01 Å². The first-order chi connectivity index (χ1) is 7.86. The quantitative estimate of drug-likeness (QED) is 0.710. The summed E-state index contributed by atoms with van der Waals surface area (Å²) < 4.78 is 0. The number of anilines is 1. The fourth-order valence-corrected chi connectivity index (χ4v) is 2.27. The Morgan fingerprint density at radius 1 is 1.25 bits per heavy atom. The molecule has 16 heavy (non-hydrogen) atoms. The molecule has 1 aromatic rings. The van der Waals surface area contributed by atoms with Gasteiger partial charge in [-0.25, -0.2) is 0 Å². The predicted molar refractivity (Wildman–Crippen MR) is 62.1 cm³/mol. The predicted octanol–water partition coefficient (Wildman–Crippen LogP) is 1.44. The van der Waals surface area contributed by atoms with Crippen molar-refractivity contribution in [2.45, 2.75) is 18.9 Å². The summed E-state index contributed by atoms with van der Waals surface area (Å²) in [5.41, 5.74) is 0.843. The van der Waals surface area contributed by atoms with Gasteiger partial charge < -0.3 is 4.90 Å². The molecule has 4 heteroatoms. The molecule has 0 aliphatic carbocycles. The van der Waals surface area contributed by atoms with E-state index in [9.17, 15) is 4.79 Å². The van der Waals surface area contributed by atoms with E-state index >= 15 is 0 Å². The zero-order valence-electron chi connectivity index (χ0n) is 8.91. The molecule has 3 rings (SSSR count). The van der Waals surface area contributed by atoms with Crippen molar-refractivity contribution in [2.24, 2.45) is 5.10 Å². The summed E-state index contributed by atoms with van der Waals surface area (Å²) in [7, 11) is 0. The van der Waals surface area contributed by atoms with E-state index in [0.29, 0.717) is 0 Å². The van der Waals surface area contributed by atoms with Crippen LogP contribution in [0.4, 0.5) is 5.69 Å². The first kappa shape index (κ1) is 9.39. The van der Waals surface area contributed by atoms with Crippen molar-refractivity contribution in [3.05, 3.63) is 30.3 Å². The van der Waals surface area contributed by atoms with E-state index in [1.807, 2.05) is 35.2 Å². The number of hydrogen-bond acceptors (Lipinski definition) is 3. The Kier molecular flexibility index (Phi) is 2.13. The van der Waals surface area contributed by atoms with Crippen LogP contribution in [0, 0.1) is 0 Å². The lowest BCUT2D eigenvalue weighted by molar-refractivity contribution is -0.122. The monoisotopic (exact) mass is 215 g/mol. The van der Waals surface area contributed by atoms with Crippen LogP contribution in [0.15, 0.2) is 35.4 Å². The largest absolute Gasteiger partial charge is 0.349 e. The van der Waals surface area contributed by atoms with Crippen LogP contribution in [-0.4, -0.2) is 29.7 Å². The number of hydrogen-bond donors (Lipinski definition) is 0. The molecule has 1 unspecified atom stereocenters. The summed E-state index contributed by atoms with van der Waals surface area (Å²) in [5, 5.41) is 5.71. The van der Waals surface area contributed by atoms with Crippen LogP contribution in [0.3, 0.4) is 0 Å². The normalized spacial score (nSPS) is 23.8. The third-order valence-electron chi connectivity index (χ3n) is 3.10. The number of benzene rings is 1. The van der Waals surface area contributed by atoms with Crippen LogP contribution in [0.1, 0.15) is 12.8 Å². The minimum absolute atomic E-state index is 0.00212. The van der Waals surface area contributed by atoms with Crippen LogP contribution in [0.2, 0.25) is 0 Å².